The molecule has 8 rings (SSSR count). The maximum absolute atomic E-state index is 16.6. The number of carbonyl (C=O) groups is 7. The van der Waals surface area contributed by atoms with Crippen molar-refractivity contribution < 1.29 is 133 Å². The van der Waals surface area contributed by atoms with Crippen LogP contribution >= 0.6 is 0 Å². The predicted molar refractivity (Wildman–Crippen MR) is 326 cm³/mol. The lowest BCUT2D eigenvalue weighted by molar-refractivity contribution is -0.353. The van der Waals surface area contributed by atoms with Crippen molar-refractivity contribution in [1.82, 2.24) is 42.1 Å². The minimum atomic E-state index is -2.40. The fourth-order valence-electron chi connectivity index (χ4n) is 12.0. The molecule has 0 aromatic heterocycles. The molecular weight excluding hydrogens is 1310 g/mol. The Morgan fingerprint density at radius 1 is 0.673 bits per heavy atom. The summed E-state index contributed by atoms with van der Waals surface area (Å²) in [7, 11) is 0. The van der Waals surface area contributed by atoms with Crippen molar-refractivity contribution in [1.29, 1.82) is 0 Å². The number of nitrogens with one attached hydrogen (secondary N) is 7. The number of ether oxygens (including phenoxy) is 6. The van der Waals surface area contributed by atoms with Gasteiger partial charge in [0.2, 0.25) is 41.7 Å². The van der Waals surface area contributed by atoms with Crippen molar-refractivity contribution in [2.45, 2.75) is 186 Å². The standard InChI is InChI=1S/C59H85FN12O26/c1-22(2)11-36(79)97-49-42(83)32(20-75)95-56(47(49)88)98-48-33(21-76)96-55(46(87)44(48)85)94-30-10-9-23(12-25(30)60)13-26-51(90)69-37(39(80)27-15-64-57(61)68-27)53(92)70-38(40(81)29-16-65-58(62)72(29)54-45(86)43(84)41(82)31(19-74)93-54)52(91)67-28(18-73)50(89)63-17-35(78)71-59(3,14-34(77)66-26)24-7-5-4-6-8-24/h4-10,12,22,26-29,31-33,37-49,54-56,73-76,80-88H,11,13-21H2,1-3H3,(H2,62,65)(H,63,89)(H,66,77)(H,67,91)(H,69,90)(H,70,92)(H,71,78)(H3,61,64,68)/t26-,27?,28+,29?,31-,32-,33-,37+,38-,39?,40?,41-,42-,43+,44-,45+,46+,47+,48-,49+,54+,55+,56-,59+/m1/s1. The molecule has 6 amide bonds. The first-order valence-corrected chi connectivity index (χ1v) is 31.2. The van der Waals surface area contributed by atoms with Crippen molar-refractivity contribution in [3.05, 3.63) is 65.5 Å². The number of guanidine groups is 2. The molecule has 4 unspecified atom stereocenters. The lowest BCUT2D eigenvalue weighted by atomic mass is 9.87. The van der Waals surface area contributed by atoms with E-state index in [-0.39, 0.29) is 30.4 Å². The van der Waals surface area contributed by atoms with Gasteiger partial charge in [-0.1, -0.05) is 50.2 Å². The molecule has 0 spiro atoms. The molecular formula is C59H85FN12O26. The van der Waals surface area contributed by atoms with Gasteiger partial charge in [-0.2, -0.15) is 0 Å². The molecule has 6 heterocycles. The minimum absolute atomic E-state index is 0.126. The molecule has 0 saturated carbocycles. The number of nitrogens with zero attached hydrogens (tertiary/aromatic N) is 3. The van der Waals surface area contributed by atoms with E-state index >= 15 is 14.0 Å². The number of rotatable bonds is 19. The second-order valence-electron chi connectivity index (χ2n) is 25.0. The lowest BCUT2D eigenvalue weighted by Gasteiger charge is -2.46. The molecule has 2 aromatic carbocycles. The molecule has 24 N–H and O–H groups in total. The minimum Gasteiger partial charge on any atom is -0.459 e. The Morgan fingerprint density at radius 3 is 1.95 bits per heavy atom. The summed E-state index contributed by atoms with van der Waals surface area (Å²) in [4.78, 5) is 108. The van der Waals surface area contributed by atoms with E-state index in [0.29, 0.717) is 5.56 Å². The van der Waals surface area contributed by atoms with E-state index in [0.717, 1.165) is 23.1 Å². The molecule has 544 valence electrons. The molecule has 0 bridgehead atoms. The van der Waals surface area contributed by atoms with Gasteiger partial charge in [0, 0.05) is 12.8 Å². The molecule has 6 aliphatic heterocycles. The zero-order chi connectivity index (χ0) is 71.8. The lowest BCUT2D eigenvalue weighted by Crippen LogP contribution is -2.70. The topological polar surface area (TPSA) is 602 Å². The third-order valence-electron chi connectivity index (χ3n) is 17.3. The van der Waals surface area contributed by atoms with Crippen molar-refractivity contribution in [2.75, 3.05) is 46.1 Å². The zero-order valence-electron chi connectivity index (χ0n) is 53.0. The molecule has 0 aliphatic carbocycles. The highest BCUT2D eigenvalue weighted by molar-refractivity contribution is 5.97. The second-order valence-corrected chi connectivity index (χ2v) is 25.0. The fraction of sp³-hybridized carbons (Fsp3) is 0.644. The van der Waals surface area contributed by atoms with E-state index in [2.05, 4.69) is 47.2 Å². The van der Waals surface area contributed by atoms with Gasteiger partial charge in [-0.3, -0.25) is 43.5 Å². The van der Waals surface area contributed by atoms with E-state index in [4.69, 9.17) is 39.9 Å². The number of hydrogen-bond acceptors (Lipinski definition) is 32. The van der Waals surface area contributed by atoms with E-state index in [1.165, 1.54) is 19.1 Å². The number of aliphatic hydroxyl groups is 13. The molecule has 24 atom stereocenters. The third kappa shape index (κ3) is 17.5. The first kappa shape index (κ1) is 76.1. The van der Waals surface area contributed by atoms with Crippen LogP contribution in [0.25, 0.3) is 0 Å². The van der Waals surface area contributed by atoms with Crippen LogP contribution in [0.4, 0.5) is 4.39 Å². The Labute approximate surface area is 557 Å². The molecule has 4 fully saturated rings. The Bertz CT molecular complexity index is 3200. The second kappa shape index (κ2) is 33.0. The largest absolute Gasteiger partial charge is 0.459 e. The van der Waals surface area contributed by atoms with E-state index in [9.17, 15) is 90.4 Å². The van der Waals surface area contributed by atoms with Crippen LogP contribution in [0.2, 0.25) is 0 Å². The summed E-state index contributed by atoms with van der Waals surface area (Å²) in [6.07, 6.45) is -34.0. The van der Waals surface area contributed by atoms with E-state index < -0.39 is 257 Å². The summed E-state index contributed by atoms with van der Waals surface area (Å²) >= 11 is 0. The quantitative estimate of drug-likeness (QED) is 0.0581. The van der Waals surface area contributed by atoms with Crippen molar-refractivity contribution in [3.63, 3.8) is 0 Å². The predicted octanol–water partition coefficient (Wildman–Crippen LogP) is -11.7. The van der Waals surface area contributed by atoms with Gasteiger partial charge in [0.15, 0.2) is 42.1 Å². The monoisotopic (exact) mass is 1400 g/mol. The van der Waals surface area contributed by atoms with Crippen molar-refractivity contribution >= 4 is 53.3 Å². The number of benzene rings is 2. The van der Waals surface area contributed by atoms with E-state index in [1.807, 2.05) is 0 Å². The van der Waals surface area contributed by atoms with Crippen LogP contribution in [0.15, 0.2) is 58.5 Å². The number of aliphatic hydroxyl groups excluding tert-OH is 13. The van der Waals surface area contributed by atoms with Gasteiger partial charge >= 0.3 is 5.97 Å². The van der Waals surface area contributed by atoms with Crippen LogP contribution in [-0.4, -0.2) is 311 Å². The smallest absolute Gasteiger partial charge is 0.306 e. The van der Waals surface area contributed by atoms with Crippen LogP contribution in [0, 0.1) is 11.7 Å². The highest BCUT2D eigenvalue weighted by atomic mass is 19.1. The highest BCUT2D eigenvalue weighted by Gasteiger charge is 2.55. The van der Waals surface area contributed by atoms with Crippen molar-refractivity contribution in [2.24, 2.45) is 27.4 Å². The van der Waals surface area contributed by atoms with Crippen LogP contribution in [0.1, 0.15) is 44.7 Å². The maximum atomic E-state index is 16.6. The van der Waals surface area contributed by atoms with Gasteiger partial charge in [0.1, 0.15) is 104 Å². The van der Waals surface area contributed by atoms with Crippen LogP contribution < -0.4 is 53.4 Å². The molecule has 4 saturated heterocycles. The van der Waals surface area contributed by atoms with Crippen LogP contribution in [0.3, 0.4) is 0 Å². The van der Waals surface area contributed by atoms with Gasteiger partial charge in [0.25, 0.3) is 0 Å². The van der Waals surface area contributed by atoms with Crippen molar-refractivity contribution in [3.8, 4) is 5.75 Å². The van der Waals surface area contributed by atoms with Crippen LogP contribution in [-0.2, 0) is 69.2 Å². The molecule has 39 heteroatoms. The number of hydrogen-bond donors (Lipinski definition) is 22. The SMILES string of the molecule is CC(C)CC(=O)O[C@@H]1[C@H](O)[C@@H](O[C@H]2[C@H](O)[C@H](O)[C@@H](Oc3ccc(C[C@H]4NC(=O)C[C@@](C)(c5ccccc5)NC(=O)CNC(=O)[C@H](CO)NC(=O)[C@@H](C(O)C5CN=C(N)N5[C@H]5O[C@H](CO)[C@@H](O)[C@H](O)[C@@H]5O)NC(=O)[C@H](C(O)C5CN=C(N)N5)NC4=O)cc3F)O[C@@H]2CO)O[C@H](CO)[C@H]1O. The number of aliphatic imine (C=N–C) groups is 2. The summed E-state index contributed by atoms with van der Waals surface area (Å²) in [5, 5.41) is 159. The normalized spacial score (nSPS) is 36.3. The van der Waals surface area contributed by atoms with Gasteiger partial charge in [-0.15, -0.1) is 0 Å². The summed E-state index contributed by atoms with van der Waals surface area (Å²) < 4.78 is 50.2. The van der Waals surface area contributed by atoms with E-state index in [1.54, 1.807) is 32.0 Å². The van der Waals surface area contributed by atoms with Gasteiger partial charge < -0.3 is 148 Å². The average Bonchev–Trinajstić information content (AvgIpc) is 1.48. The zero-order valence-corrected chi connectivity index (χ0v) is 53.0. The maximum Gasteiger partial charge on any atom is 0.306 e. The highest BCUT2D eigenvalue weighted by Crippen LogP contribution is 2.34. The number of amides is 6. The van der Waals surface area contributed by atoms with Crippen LogP contribution in [0.5, 0.6) is 5.75 Å². The average molecular weight is 1400 g/mol. The summed E-state index contributed by atoms with van der Waals surface area (Å²) in [6.45, 7) is -0.997. The number of esters is 1. The Kier molecular flexibility index (Phi) is 25.6. The van der Waals surface area contributed by atoms with Gasteiger partial charge in [-0.05, 0) is 36.1 Å². The first-order valence-electron chi connectivity index (χ1n) is 31.2. The summed E-state index contributed by atoms with van der Waals surface area (Å²) in [5.74, 6) is -11.2. The molecule has 38 nitrogen and oxygen atoms in total. The molecule has 2 aromatic rings. The summed E-state index contributed by atoms with van der Waals surface area (Å²) in [6, 6.07) is -0.877. The number of carbonyl (C=O) groups excluding carboxylic acids is 7. The summed E-state index contributed by atoms with van der Waals surface area (Å²) in [5.41, 5.74) is 10.6. The molecule has 0 radical (unpaired) electrons. The number of halogens is 1. The molecule has 6 aliphatic rings. The Balaban J connectivity index is 1.10. The Morgan fingerprint density at radius 2 is 1.32 bits per heavy atom. The first-order chi connectivity index (χ1) is 46.4. The van der Waals surface area contributed by atoms with Gasteiger partial charge in [0.05, 0.1) is 70.1 Å². The molecule has 98 heavy (non-hydrogen) atoms. The fourth-order valence-corrected chi connectivity index (χ4v) is 12.0. The Hall–Kier alpha value is -7.68. The third-order valence-corrected chi connectivity index (χ3v) is 17.3. The van der Waals surface area contributed by atoms with Gasteiger partial charge in [-0.25, -0.2) is 4.39 Å². The number of nitrogens with two attached hydrogens (primary N) is 2.